The zero-order chi connectivity index (χ0) is 27.6. The van der Waals surface area contributed by atoms with Crippen LogP contribution in [0.1, 0.15) is 5.69 Å². The highest BCUT2D eigenvalue weighted by molar-refractivity contribution is 7.92. The minimum Gasteiger partial charge on any atom is -0.480 e. The topological polar surface area (TPSA) is 114 Å². The van der Waals surface area contributed by atoms with Crippen LogP contribution in [0.15, 0.2) is 84.1 Å². The number of methoxy groups -OCH3 is 1. The van der Waals surface area contributed by atoms with Crippen LogP contribution in [-0.2, 0) is 16.4 Å². The molecule has 3 aromatic heterocycles. The fourth-order valence-electron chi connectivity index (χ4n) is 4.16. The highest BCUT2D eigenvalue weighted by Crippen LogP contribution is 2.34. The summed E-state index contributed by atoms with van der Waals surface area (Å²) in [6.45, 7) is 0.0147. The number of hydrogen-bond donors (Lipinski definition) is 2. The molecule has 0 amide bonds. The molecule has 0 aliphatic carbocycles. The van der Waals surface area contributed by atoms with Crippen molar-refractivity contribution in [1.82, 2.24) is 15.0 Å². The van der Waals surface area contributed by atoms with Crippen molar-refractivity contribution in [2.45, 2.75) is 11.3 Å². The van der Waals surface area contributed by atoms with Crippen LogP contribution < -0.4 is 9.46 Å². The minimum absolute atomic E-state index is 0.0147. The molecule has 5 rings (SSSR count). The van der Waals surface area contributed by atoms with Gasteiger partial charge in [-0.05, 0) is 53.6 Å². The second kappa shape index (κ2) is 10.7. The number of aliphatic hydroxyl groups excluding tert-OH is 1. The van der Waals surface area contributed by atoms with Crippen LogP contribution in [0, 0.1) is 11.6 Å². The third-order valence-corrected chi connectivity index (χ3v) is 7.45. The van der Waals surface area contributed by atoms with Gasteiger partial charge >= 0.3 is 0 Å². The molecule has 198 valence electrons. The molecule has 0 aliphatic heterocycles. The first kappa shape index (κ1) is 26.1. The molecular formula is C28H22F2N4O4S. The van der Waals surface area contributed by atoms with Crippen molar-refractivity contribution in [3.05, 3.63) is 96.6 Å². The molecule has 0 atom stereocenters. The standard InChI is InChI=1S/C28H22F2N4O4S/c1-38-28-26(34-39(36,37)27-7-4-20(29)14-24(27)30)13-19(16-33-28)17-3-6-25-23(12-17)22(8-10-31-25)18-2-5-21(9-11-35)32-15-18/h2-8,10,12-16,34-35H,9,11H2,1H3. The number of ether oxygens (including phenoxy) is 1. The number of benzene rings is 2. The molecule has 0 saturated heterocycles. The first-order valence-electron chi connectivity index (χ1n) is 11.8. The van der Waals surface area contributed by atoms with Crippen molar-refractivity contribution < 1.29 is 27.0 Å². The molecular weight excluding hydrogens is 526 g/mol. The van der Waals surface area contributed by atoms with Gasteiger partial charge in [0.25, 0.3) is 10.0 Å². The average molecular weight is 549 g/mol. The van der Waals surface area contributed by atoms with E-state index in [9.17, 15) is 17.2 Å². The quantitative estimate of drug-likeness (QED) is 0.281. The monoisotopic (exact) mass is 548 g/mol. The summed E-state index contributed by atoms with van der Waals surface area (Å²) in [5.74, 6) is -2.14. The Kier molecular flexibility index (Phi) is 7.18. The van der Waals surface area contributed by atoms with Crippen molar-refractivity contribution in [1.29, 1.82) is 0 Å². The summed E-state index contributed by atoms with van der Waals surface area (Å²) in [5, 5.41) is 9.98. The Labute approximate surface area is 223 Å². The molecule has 0 bridgehead atoms. The third-order valence-electron chi connectivity index (χ3n) is 6.05. The Morgan fingerprint density at radius 3 is 2.41 bits per heavy atom. The maximum Gasteiger partial charge on any atom is 0.264 e. The highest BCUT2D eigenvalue weighted by Gasteiger charge is 2.22. The molecule has 0 radical (unpaired) electrons. The molecule has 39 heavy (non-hydrogen) atoms. The van der Waals surface area contributed by atoms with Gasteiger partial charge in [0.1, 0.15) is 22.2 Å². The largest absolute Gasteiger partial charge is 0.480 e. The summed E-state index contributed by atoms with van der Waals surface area (Å²) in [5.41, 5.74) is 4.52. The SMILES string of the molecule is COc1ncc(-c2ccc3nccc(-c4ccc(CCO)nc4)c3c2)cc1NS(=O)(=O)c1ccc(F)cc1F. The fraction of sp³-hybridized carbons (Fsp3) is 0.107. The lowest BCUT2D eigenvalue weighted by atomic mass is 9.98. The van der Waals surface area contributed by atoms with E-state index >= 15 is 0 Å². The van der Waals surface area contributed by atoms with Gasteiger partial charge in [0, 0.05) is 59.9 Å². The van der Waals surface area contributed by atoms with Gasteiger partial charge in [0.05, 0.1) is 12.6 Å². The van der Waals surface area contributed by atoms with Crippen molar-refractivity contribution in [3.63, 3.8) is 0 Å². The van der Waals surface area contributed by atoms with E-state index in [0.29, 0.717) is 23.6 Å². The molecule has 3 heterocycles. The lowest BCUT2D eigenvalue weighted by Crippen LogP contribution is -2.15. The van der Waals surface area contributed by atoms with Gasteiger partial charge in [-0.15, -0.1) is 0 Å². The van der Waals surface area contributed by atoms with Gasteiger partial charge in [0.2, 0.25) is 5.88 Å². The number of aliphatic hydroxyl groups is 1. The van der Waals surface area contributed by atoms with Gasteiger partial charge in [-0.3, -0.25) is 14.7 Å². The van der Waals surface area contributed by atoms with E-state index in [2.05, 4.69) is 19.7 Å². The fourth-order valence-corrected chi connectivity index (χ4v) is 5.27. The summed E-state index contributed by atoms with van der Waals surface area (Å²) in [4.78, 5) is 12.4. The first-order valence-corrected chi connectivity index (χ1v) is 13.2. The molecule has 0 unspecified atom stereocenters. The normalized spacial score (nSPS) is 11.5. The molecule has 0 fully saturated rings. The first-order chi connectivity index (χ1) is 18.8. The van der Waals surface area contributed by atoms with E-state index in [0.717, 1.165) is 39.9 Å². The number of sulfonamides is 1. The summed E-state index contributed by atoms with van der Waals surface area (Å²) in [7, 11) is -3.10. The Hall–Kier alpha value is -4.48. The zero-order valence-corrected chi connectivity index (χ0v) is 21.4. The third kappa shape index (κ3) is 5.40. The molecule has 0 aliphatic rings. The predicted molar refractivity (Wildman–Crippen MR) is 143 cm³/mol. The molecule has 2 aromatic carbocycles. The van der Waals surface area contributed by atoms with Gasteiger partial charge in [-0.1, -0.05) is 12.1 Å². The van der Waals surface area contributed by atoms with Crippen LogP contribution in [0.3, 0.4) is 0 Å². The van der Waals surface area contributed by atoms with E-state index in [1.54, 1.807) is 12.4 Å². The van der Waals surface area contributed by atoms with E-state index < -0.39 is 26.6 Å². The van der Waals surface area contributed by atoms with E-state index in [4.69, 9.17) is 9.84 Å². The van der Waals surface area contributed by atoms with Crippen molar-refractivity contribution in [2.24, 2.45) is 0 Å². The summed E-state index contributed by atoms with van der Waals surface area (Å²) < 4.78 is 60.9. The maximum absolute atomic E-state index is 14.2. The molecule has 2 N–H and O–H groups in total. The van der Waals surface area contributed by atoms with E-state index in [1.807, 2.05) is 36.4 Å². The number of nitrogens with one attached hydrogen (secondary N) is 1. The summed E-state index contributed by atoms with van der Waals surface area (Å²) >= 11 is 0. The number of anilines is 1. The Morgan fingerprint density at radius 1 is 0.897 bits per heavy atom. The molecule has 5 aromatic rings. The highest BCUT2D eigenvalue weighted by atomic mass is 32.2. The lowest BCUT2D eigenvalue weighted by Gasteiger charge is -2.14. The number of halogens is 2. The number of hydrogen-bond acceptors (Lipinski definition) is 7. The second-order valence-corrected chi connectivity index (χ2v) is 10.2. The predicted octanol–water partition coefficient (Wildman–Crippen LogP) is 4.98. The van der Waals surface area contributed by atoms with Crippen LogP contribution in [-0.4, -0.2) is 42.2 Å². The van der Waals surface area contributed by atoms with Gasteiger partial charge < -0.3 is 9.84 Å². The number of aromatic nitrogens is 3. The number of nitrogens with zero attached hydrogens (tertiary/aromatic N) is 3. The van der Waals surface area contributed by atoms with Gasteiger partial charge in [0.15, 0.2) is 0 Å². The van der Waals surface area contributed by atoms with Crippen LogP contribution in [0.25, 0.3) is 33.2 Å². The molecule has 0 saturated carbocycles. The smallest absolute Gasteiger partial charge is 0.264 e. The van der Waals surface area contributed by atoms with Crippen LogP contribution >= 0.6 is 0 Å². The molecule has 8 nitrogen and oxygen atoms in total. The van der Waals surface area contributed by atoms with Crippen molar-refractivity contribution in [3.8, 4) is 28.1 Å². The number of pyridine rings is 3. The number of fused-ring (bicyclic) bond motifs is 1. The van der Waals surface area contributed by atoms with E-state index in [-0.39, 0.29) is 18.2 Å². The Bertz CT molecular complexity index is 1780. The van der Waals surface area contributed by atoms with Gasteiger partial charge in [-0.25, -0.2) is 22.2 Å². The minimum atomic E-state index is -4.42. The van der Waals surface area contributed by atoms with Crippen LogP contribution in [0.5, 0.6) is 5.88 Å². The molecule has 11 heteroatoms. The maximum atomic E-state index is 14.2. The van der Waals surface area contributed by atoms with Crippen LogP contribution in [0.2, 0.25) is 0 Å². The Balaban J connectivity index is 1.55. The van der Waals surface area contributed by atoms with Crippen LogP contribution in [0.4, 0.5) is 14.5 Å². The van der Waals surface area contributed by atoms with E-state index in [1.165, 1.54) is 19.4 Å². The molecule has 0 spiro atoms. The van der Waals surface area contributed by atoms with Crippen molar-refractivity contribution >= 4 is 26.6 Å². The second-order valence-electron chi connectivity index (χ2n) is 8.56. The lowest BCUT2D eigenvalue weighted by molar-refractivity contribution is 0.298. The van der Waals surface area contributed by atoms with Gasteiger partial charge in [-0.2, -0.15) is 0 Å². The average Bonchev–Trinajstić information content (AvgIpc) is 2.92. The number of rotatable bonds is 8. The zero-order valence-electron chi connectivity index (χ0n) is 20.6. The summed E-state index contributed by atoms with van der Waals surface area (Å²) in [6.07, 6.45) is 5.43. The summed E-state index contributed by atoms with van der Waals surface area (Å²) in [6, 6.07) is 14.9. The van der Waals surface area contributed by atoms with Crippen molar-refractivity contribution in [2.75, 3.05) is 18.4 Å². The Morgan fingerprint density at radius 2 is 1.69 bits per heavy atom.